The summed E-state index contributed by atoms with van der Waals surface area (Å²) in [6.07, 6.45) is 1.65. The number of nitrogens with one attached hydrogen (secondary N) is 2. The van der Waals surface area contributed by atoms with Crippen molar-refractivity contribution in [2.45, 2.75) is 100 Å². The van der Waals surface area contributed by atoms with E-state index in [0.29, 0.717) is 27.1 Å². The molecule has 1 atom stereocenters. The zero-order valence-electron chi connectivity index (χ0n) is 25.8. The fourth-order valence-corrected chi connectivity index (χ4v) is 6.00. The minimum Gasteiger partial charge on any atom is -0.507 e. The molecule has 228 valence electrons. The smallest absolute Gasteiger partial charge is 0.265 e. The predicted molar refractivity (Wildman–Crippen MR) is 170 cm³/mol. The molecule has 0 aliphatic heterocycles. The SMILES string of the molecule is CCC(Oc1ccc(C(C)(C)CC)cc1C(C)(C)CC)C(=O)Nc1cc(O)c(Sc2nc(CC(=O)NC)cs2)cc1O. The maximum absolute atomic E-state index is 13.3. The fourth-order valence-electron chi connectivity index (χ4n) is 4.17. The molecule has 0 fully saturated rings. The molecule has 1 aromatic heterocycles. The number of nitrogens with zero attached hydrogens (tertiary/aromatic N) is 1. The number of phenols is 2. The highest BCUT2D eigenvalue weighted by Crippen LogP contribution is 2.42. The van der Waals surface area contributed by atoms with Gasteiger partial charge in [0, 0.05) is 24.1 Å². The summed E-state index contributed by atoms with van der Waals surface area (Å²) in [4.78, 5) is 29.7. The maximum atomic E-state index is 13.3. The second-order valence-electron chi connectivity index (χ2n) is 11.6. The summed E-state index contributed by atoms with van der Waals surface area (Å²) >= 11 is 2.50. The van der Waals surface area contributed by atoms with Crippen molar-refractivity contribution >= 4 is 40.6 Å². The van der Waals surface area contributed by atoms with Gasteiger partial charge in [-0.05, 0) is 47.8 Å². The Bertz CT molecular complexity index is 1420. The second kappa shape index (κ2) is 13.8. The molecule has 0 saturated heterocycles. The largest absolute Gasteiger partial charge is 0.507 e. The fraction of sp³-hybridized carbons (Fsp3) is 0.469. The highest BCUT2D eigenvalue weighted by atomic mass is 32.2. The van der Waals surface area contributed by atoms with Crippen molar-refractivity contribution in [1.82, 2.24) is 10.3 Å². The number of aromatic nitrogens is 1. The molecule has 0 bridgehead atoms. The number of phenolic OH excluding ortho intramolecular Hbond substituents is 2. The molecule has 0 aliphatic carbocycles. The number of rotatable bonds is 13. The summed E-state index contributed by atoms with van der Waals surface area (Å²) in [7, 11) is 1.57. The third-order valence-electron chi connectivity index (χ3n) is 7.87. The molecule has 0 spiro atoms. The number of ether oxygens (including phenoxy) is 1. The summed E-state index contributed by atoms with van der Waals surface area (Å²) in [6.45, 7) is 15.0. The first-order valence-electron chi connectivity index (χ1n) is 14.3. The average molecular weight is 614 g/mol. The van der Waals surface area contributed by atoms with Gasteiger partial charge >= 0.3 is 0 Å². The van der Waals surface area contributed by atoms with Crippen LogP contribution in [0, 0.1) is 0 Å². The molecule has 0 saturated carbocycles. The molecule has 42 heavy (non-hydrogen) atoms. The van der Waals surface area contributed by atoms with Crippen molar-refractivity contribution in [3.8, 4) is 17.2 Å². The monoisotopic (exact) mass is 613 g/mol. The van der Waals surface area contributed by atoms with Crippen molar-refractivity contribution < 1.29 is 24.5 Å². The molecular weight excluding hydrogens is 571 g/mol. The van der Waals surface area contributed by atoms with E-state index in [1.807, 2.05) is 13.0 Å². The predicted octanol–water partition coefficient (Wildman–Crippen LogP) is 7.17. The van der Waals surface area contributed by atoms with Crippen LogP contribution in [0.25, 0.3) is 0 Å². The third-order valence-corrected chi connectivity index (χ3v) is 9.91. The number of aromatic hydroxyl groups is 2. The van der Waals surface area contributed by atoms with Crippen LogP contribution >= 0.6 is 23.1 Å². The van der Waals surface area contributed by atoms with Crippen LogP contribution in [0.4, 0.5) is 5.69 Å². The standard InChI is InChI=1S/C32H43N3O5S2/c1-9-25(40-26-13-12-19(31(4,5)10-2)14-21(26)32(6,7)11-3)29(39)35-22-16-24(37)27(17-23(22)36)42-30-34-20(18-41-30)15-28(38)33-8/h12-14,16-18,25,36-37H,9-11,15H2,1-8H3,(H,33,38)(H,35,39). The Morgan fingerprint density at radius 1 is 1.02 bits per heavy atom. The van der Waals surface area contributed by atoms with E-state index >= 15 is 0 Å². The van der Waals surface area contributed by atoms with E-state index in [-0.39, 0.29) is 40.3 Å². The highest BCUT2D eigenvalue weighted by Gasteiger charge is 2.29. The van der Waals surface area contributed by atoms with Gasteiger partial charge < -0.3 is 25.6 Å². The van der Waals surface area contributed by atoms with Crippen molar-refractivity contribution in [3.05, 3.63) is 52.5 Å². The molecule has 3 aromatic rings. The van der Waals surface area contributed by atoms with Crippen LogP contribution in [0.3, 0.4) is 0 Å². The quantitative estimate of drug-likeness (QED) is 0.119. The van der Waals surface area contributed by atoms with E-state index in [0.717, 1.165) is 30.2 Å². The van der Waals surface area contributed by atoms with Gasteiger partial charge in [-0.15, -0.1) is 11.3 Å². The van der Waals surface area contributed by atoms with Gasteiger partial charge in [0.15, 0.2) is 10.4 Å². The van der Waals surface area contributed by atoms with E-state index in [1.165, 1.54) is 29.0 Å². The van der Waals surface area contributed by atoms with Crippen LogP contribution in [-0.4, -0.2) is 40.2 Å². The Kier molecular flexibility index (Phi) is 10.9. The van der Waals surface area contributed by atoms with Crippen molar-refractivity contribution in [3.63, 3.8) is 0 Å². The molecule has 0 radical (unpaired) electrons. The number of hydrogen-bond donors (Lipinski definition) is 4. The van der Waals surface area contributed by atoms with E-state index < -0.39 is 12.0 Å². The number of carbonyl (C=O) groups excluding carboxylic acids is 2. The zero-order chi connectivity index (χ0) is 31.2. The number of benzene rings is 2. The van der Waals surface area contributed by atoms with Crippen LogP contribution in [0.2, 0.25) is 0 Å². The minimum atomic E-state index is -0.814. The first-order chi connectivity index (χ1) is 19.7. The zero-order valence-corrected chi connectivity index (χ0v) is 27.4. The van der Waals surface area contributed by atoms with Crippen LogP contribution in [0.15, 0.2) is 44.9 Å². The normalized spacial score (nSPS) is 12.6. The number of hydrogen-bond acceptors (Lipinski definition) is 8. The third kappa shape index (κ3) is 7.98. The van der Waals surface area contributed by atoms with Crippen LogP contribution in [-0.2, 0) is 26.8 Å². The van der Waals surface area contributed by atoms with Gasteiger partial charge in [0.1, 0.15) is 17.2 Å². The number of carbonyl (C=O) groups is 2. The molecule has 10 heteroatoms. The first kappa shape index (κ1) is 33.3. The lowest BCUT2D eigenvalue weighted by atomic mass is 9.76. The van der Waals surface area contributed by atoms with E-state index in [9.17, 15) is 19.8 Å². The lowest BCUT2D eigenvalue weighted by molar-refractivity contribution is -0.123. The highest BCUT2D eigenvalue weighted by molar-refractivity contribution is 8.01. The van der Waals surface area contributed by atoms with Gasteiger partial charge in [0.2, 0.25) is 5.91 Å². The van der Waals surface area contributed by atoms with Gasteiger partial charge in [-0.3, -0.25) is 9.59 Å². The molecule has 3 rings (SSSR count). The van der Waals surface area contributed by atoms with Gasteiger partial charge in [0.25, 0.3) is 5.91 Å². The average Bonchev–Trinajstić information content (AvgIpc) is 3.40. The topological polar surface area (TPSA) is 121 Å². The Hall–Kier alpha value is -3.24. The van der Waals surface area contributed by atoms with Gasteiger partial charge in [-0.2, -0.15) is 0 Å². The number of anilines is 1. The van der Waals surface area contributed by atoms with Crippen molar-refractivity contribution in [2.24, 2.45) is 0 Å². The molecule has 8 nitrogen and oxygen atoms in total. The minimum absolute atomic E-state index is 0.00996. The number of likely N-dealkylation sites (N-methyl/N-ethyl adjacent to an activating group) is 1. The Balaban J connectivity index is 1.80. The van der Waals surface area contributed by atoms with Crippen LogP contribution in [0.5, 0.6) is 17.2 Å². The Labute approximate surface area is 257 Å². The molecule has 1 unspecified atom stereocenters. The van der Waals surface area contributed by atoms with Crippen LogP contribution in [0.1, 0.15) is 84.5 Å². The second-order valence-corrected chi connectivity index (χ2v) is 13.7. The molecule has 4 N–H and O–H groups in total. The van der Waals surface area contributed by atoms with E-state index in [4.69, 9.17) is 4.74 Å². The number of thiazole rings is 1. The summed E-state index contributed by atoms with van der Waals surface area (Å²) < 4.78 is 6.94. The van der Waals surface area contributed by atoms with E-state index in [2.05, 4.69) is 69.3 Å². The molecular formula is C32H43N3O5S2. The first-order valence-corrected chi connectivity index (χ1v) is 16.0. The molecule has 0 aliphatic rings. The lowest BCUT2D eigenvalue weighted by Gasteiger charge is -2.31. The van der Waals surface area contributed by atoms with Gasteiger partial charge in [-0.25, -0.2) is 4.98 Å². The summed E-state index contributed by atoms with van der Waals surface area (Å²) in [5.74, 6) is -0.220. The van der Waals surface area contributed by atoms with Crippen molar-refractivity contribution in [2.75, 3.05) is 12.4 Å². The van der Waals surface area contributed by atoms with Gasteiger partial charge in [0.05, 0.1) is 22.7 Å². The summed E-state index contributed by atoms with van der Waals surface area (Å²) in [6, 6.07) is 8.94. The van der Waals surface area contributed by atoms with Gasteiger partial charge in [-0.1, -0.05) is 72.4 Å². The van der Waals surface area contributed by atoms with Crippen LogP contribution < -0.4 is 15.4 Å². The Morgan fingerprint density at radius 3 is 2.33 bits per heavy atom. The summed E-state index contributed by atoms with van der Waals surface area (Å²) in [5, 5.41) is 28.4. The number of amides is 2. The lowest BCUT2D eigenvalue weighted by Crippen LogP contribution is -2.33. The molecule has 1 heterocycles. The van der Waals surface area contributed by atoms with Crippen molar-refractivity contribution in [1.29, 1.82) is 0 Å². The van der Waals surface area contributed by atoms with E-state index in [1.54, 1.807) is 12.4 Å². The molecule has 2 amide bonds. The summed E-state index contributed by atoms with van der Waals surface area (Å²) in [5.41, 5.74) is 2.83. The maximum Gasteiger partial charge on any atom is 0.265 e. The Morgan fingerprint density at radius 2 is 1.71 bits per heavy atom. The molecule has 2 aromatic carbocycles.